The Hall–Kier alpha value is -2.17. The van der Waals surface area contributed by atoms with Crippen molar-refractivity contribution in [1.82, 2.24) is 14.4 Å². The number of imidazole rings is 1. The molecule has 2 heterocycles. The number of amides is 1. The van der Waals surface area contributed by atoms with Gasteiger partial charge < -0.3 is 5.73 Å². The molecule has 15 heavy (non-hydrogen) atoms. The van der Waals surface area contributed by atoms with Gasteiger partial charge in [-0.25, -0.2) is 4.98 Å². The number of fused-ring (bicyclic) bond motifs is 1. The van der Waals surface area contributed by atoms with Crippen LogP contribution in [0.5, 0.6) is 0 Å². The largest absolute Gasteiger partial charge is 0.369 e. The third-order valence-corrected chi connectivity index (χ3v) is 1.95. The van der Waals surface area contributed by atoms with E-state index < -0.39 is 0 Å². The number of carbonyl (C=O) groups is 1. The molecule has 2 aromatic heterocycles. The first-order chi connectivity index (χ1) is 7.27. The van der Waals surface area contributed by atoms with Gasteiger partial charge in [-0.2, -0.15) is 0 Å². The molecule has 0 unspecified atom stereocenters. The number of carbonyl (C=O) groups excluding carboxylic acids is 1. The van der Waals surface area contributed by atoms with Crippen molar-refractivity contribution in [2.75, 3.05) is 0 Å². The van der Waals surface area contributed by atoms with Crippen molar-refractivity contribution < 1.29 is 4.79 Å². The van der Waals surface area contributed by atoms with Crippen LogP contribution in [-0.4, -0.2) is 20.3 Å². The second-order valence-electron chi connectivity index (χ2n) is 3.06. The number of hydrogen-bond acceptors (Lipinski definition) is 3. The van der Waals surface area contributed by atoms with Crippen molar-refractivity contribution >= 4 is 17.6 Å². The Kier molecular flexibility index (Phi) is 2.45. The lowest BCUT2D eigenvalue weighted by Crippen LogP contribution is -2.07. The second-order valence-corrected chi connectivity index (χ2v) is 3.06. The molecule has 5 heteroatoms. The minimum Gasteiger partial charge on any atom is -0.369 e. The summed E-state index contributed by atoms with van der Waals surface area (Å²) in [6, 6.07) is 0. The molecule has 76 valence electrons. The highest BCUT2D eigenvalue weighted by Crippen LogP contribution is 2.06. The van der Waals surface area contributed by atoms with Gasteiger partial charge in [0.1, 0.15) is 0 Å². The number of aromatic nitrogens is 3. The van der Waals surface area contributed by atoms with Crippen molar-refractivity contribution in [3.63, 3.8) is 0 Å². The first-order valence-corrected chi connectivity index (χ1v) is 4.49. The van der Waals surface area contributed by atoms with E-state index >= 15 is 0 Å². The van der Waals surface area contributed by atoms with Crippen molar-refractivity contribution in [3.8, 4) is 0 Å². The molecule has 0 radical (unpaired) electrons. The van der Waals surface area contributed by atoms with E-state index in [0.29, 0.717) is 0 Å². The second kappa shape index (κ2) is 3.91. The molecule has 0 aliphatic rings. The van der Waals surface area contributed by atoms with Crippen molar-refractivity contribution in [2.24, 2.45) is 5.73 Å². The van der Waals surface area contributed by atoms with E-state index in [1.165, 1.54) is 0 Å². The maximum atomic E-state index is 10.5. The van der Waals surface area contributed by atoms with E-state index in [2.05, 4.69) is 9.97 Å². The molecule has 0 aromatic carbocycles. The fourth-order valence-electron chi connectivity index (χ4n) is 1.28. The molecule has 0 saturated heterocycles. The zero-order chi connectivity index (χ0) is 10.7. The minimum atomic E-state index is -0.346. The fraction of sp³-hybridized carbons (Fsp3) is 0.100. The highest BCUT2D eigenvalue weighted by molar-refractivity contribution is 5.76. The summed E-state index contributed by atoms with van der Waals surface area (Å²) in [5.41, 5.74) is 6.69. The van der Waals surface area contributed by atoms with Gasteiger partial charge in [-0.15, -0.1) is 0 Å². The topological polar surface area (TPSA) is 73.3 Å². The fourth-order valence-corrected chi connectivity index (χ4v) is 1.28. The Balaban J connectivity index is 2.28. The van der Waals surface area contributed by atoms with Crippen LogP contribution >= 0.6 is 0 Å². The van der Waals surface area contributed by atoms with Crippen LogP contribution < -0.4 is 5.73 Å². The van der Waals surface area contributed by atoms with Crippen LogP contribution in [0.3, 0.4) is 0 Å². The standard InChI is InChI=1S/C10H10N4O/c11-9(15)3-1-2-8-6-13-10-7-12-4-5-14(8)10/h1-2,4-7H,3H2,(H2,11,15). The maximum Gasteiger partial charge on any atom is 0.221 e. The zero-order valence-electron chi connectivity index (χ0n) is 8.00. The van der Waals surface area contributed by atoms with Crippen LogP contribution in [0.2, 0.25) is 0 Å². The predicted octanol–water partition coefficient (Wildman–Crippen LogP) is 0.618. The third-order valence-electron chi connectivity index (χ3n) is 1.95. The van der Waals surface area contributed by atoms with Gasteiger partial charge >= 0.3 is 0 Å². The van der Waals surface area contributed by atoms with E-state index in [0.717, 1.165) is 11.3 Å². The maximum absolute atomic E-state index is 10.5. The van der Waals surface area contributed by atoms with E-state index in [1.54, 1.807) is 24.7 Å². The van der Waals surface area contributed by atoms with Crippen LogP contribution in [0.1, 0.15) is 12.1 Å². The van der Waals surface area contributed by atoms with Gasteiger partial charge in [0.05, 0.1) is 18.1 Å². The molecule has 0 saturated carbocycles. The number of primary amides is 1. The van der Waals surface area contributed by atoms with Gasteiger partial charge in [-0.05, 0) is 6.08 Å². The highest BCUT2D eigenvalue weighted by Gasteiger charge is 1.98. The summed E-state index contributed by atoms with van der Waals surface area (Å²) >= 11 is 0. The normalized spacial score (nSPS) is 11.2. The summed E-state index contributed by atoms with van der Waals surface area (Å²) in [6.07, 6.45) is 10.6. The van der Waals surface area contributed by atoms with E-state index in [-0.39, 0.29) is 12.3 Å². The van der Waals surface area contributed by atoms with Gasteiger partial charge in [0.2, 0.25) is 5.91 Å². The summed E-state index contributed by atoms with van der Waals surface area (Å²) in [4.78, 5) is 18.6. The van der Waals surface area contributed by atoms with Crippen LogP contribution in [-0.2, 0) is 4.79 Å². The number of rotatable bonds is 3. The van der Waals surface area contributed by atoms with E-state index in [4.69, 9.17) is 5.73 Å². The van der Waals surface area contributed by atoms with Gasteiger partial charge in [-0.1, -0.05) is 6.08 Å². The molecule has 5 nitrogen and oxygen atoms in total. The molecule has 2 aromatic rings. The minimum absolute atomic E-state index is 0.234. The molecular weight excluding hydrogens is 192 g/mol. The molecule has 1 amide bonds. The van der Waals surface area contributed by atoms with Crippen molar-refractivity contribution in [2.45, 2.75) is 6.42 Å². The highest BCUT2D eigenvalue weighted by atomic mass is 16.1. The number of hydrogen-bond donors (Lipinski definition) is 1. The van der Waals surface area contributed by atoms with Crippen LogP contribution in [0, 0.1) is 0 Å². The SMILES string of the molecule is NC(=O)CC=Cc1cnc2cnccn12. The first kappa shape index (κ1) is 9.39. The van der Waals surface area contributed by atoms with Gasteiger partial charge in [0.15, 0.2) is 5.65 Å². The lowest BCUT2D eigenvalue weighted by molar-refractivity contribution is -0.117. The number of nitrogens with two attached hydrogens (primary N) is 1. The van der Waals surface area contributed by atoms with Crippen molar-refractivity contribution in [3.05, 3.63) is 36.6 Å². The average molecular weight is 202 g/mol. The van der Waals surface area contributed by atoms with Gasteiger partial charge in [0.25, 0.3) is 0 Å². The quantitative estimate of drug-likeness (QED) is 0.792. The smallest absolute Gasteiger partial charge is 0.221 e. The first-order valence-electron chi connectivity index (χ1n) is 4.49. The predicted molar refractivity (Wildman–Crippen MR) is 55.8 cm³/mol. The Morgan fingerprint density at radius 1 is 1.53 bits per heavy atom. The lowest BCUT2D eigenvalue weighted by Gasteiger charge is -1.93. The van der Waals surface area contributed by atoms with E-state index in [9.17, 15) is 4.79 Å². The molecule has 0 bridgehead atoms. The van der Waals surface area contributed by atoms with Crippen molar-refractivity contribution in [1.29, 1.82) is 0 Å². The summed E-state index contributed by atoms with van der Waals surface area (Å²) in [5.74, 6) is -0.346. The van der Waals surface area contributed by atoms with Crippen LogP contribution in [0.25, 0.3) is 11.7 Å². The molecule has 2 rings (SSSR count). The average Bonchev–Trinajstić information content (AvgIpc) is 2.62. The Morgan fingerprint density at radius 3 is 3.20 bits per heavy atom. The lowest BCUT2D eigenvalue weighted by atomic mass is 10.3. The third kappa shape index (κ3) is 2.01. The van der Waals surface area contributed by atoms with E-state index in [1.807, 2.05) is 16.7 Å². The molecular formula is C10H10N4O. The van der Waals surface area contributed by atoms with Gasteiger partial charge in [-0.3, -0.25) is 14.2 Å². The summed E-state index contributed by atoms with van der Waals surface area (Å²) in [6.45, 7) is 0. The Labute approximate surface area is 86.3 Å². The number of nitrogens with zero attached hydrogens (tertiary/aromatic N) is 3. The monoisotopic (exact) mass is 202 g/mol. The summed E-state index contributed by atoms with van der Waals surface area (Å²) in [7, 11) is 0. The Bertz CT molecular complexity index is 515. The van der Waals surface area contributed by atoms with Crippen LogP contribution in [0.4, 0.5) is 0 Å². The molecule has 0 aliphatic heterocycles. The summed E-state index contributed by atoms with van der Waals surface area (Å²) < 4.78 is 1.88. The molecule has 0 fully saturated rings. The molecule has 0 atom stereocenters. The van der Waals surface area contributed by atoms with Gasteiger partial charge in [0, 0.05) is 18.8 Å². The molecule has 0 spiro atoms. The Morgan fingerprint density at radius 2 is 2.40 bits per heavy atom. The summed E-state index contributed by atoms with van der Waals surface area (Å²) in [5, 5.41) is 0. The zero-order valence-corrected chi connectivity index (χ0v) is 8.00. The molecule has 2 N–H and O–H groups in total. The van der Waals surface area contributed by atoms with Crippen LogP contribution in [0.15, 0.2) is 30.9 Å². The molecule has 0 aliphatic carbocycles.